The summed E-state index contributed by atoms with van der Waals surface area (Å²) in [4.78, 5) is 55.4. The first kappa shape index (κ1) is 36.4. The molecule has 0 aliphatic heterocycles. The smallest absolute Gasteiger partial charge is 0.276 e. The van der Waals surface area contributed by atoms with Gasteiger partial charge in [-0.3, -0.25) is 38.9 Å². The fourth-order valence-electron chi connectivity index (χ4n) is 6.20. The van der Waals surface area contributed by atoms with Crippen molar-refractivity contribution in [3.8, 4) is 5.75 Å². The van der Waals surface area contributed by atoms with Crippen LogP contribution in [-0.2, 0) is 32.7 Å². The Morgan fingerprint density at radius 3 is 1.94 bits per heavy atom. The standard InChI is InChI=1S/C36H43N13O4/c1-8-48-27(14-21(3)43-48)33(51)41-35-39-25-17-24(31(37)50)18-29(53-7)30(25)46(35)12-10-11-13-47-32-26(16-23(19-38-32)20-45(5)6)40-36(47)42-34(52)28-15-22(4)44-49(28)9-2/h10-11,14-19H,8-9,12-13,20H2,1-7H3,(H2,37,50)(H,39,41,51)(H,40,42,52)/b11-10+. The van der Waals surface area contributed by atoms with Crippen LogP contribution in [0, 0.1) is 13.8 Å². The summed E-state index contributed by atoms with van der Waals surface area (Å²) in [6, 6.07) is 8.51. The minimum Gasteiger partial charge on any atom is -0.494 e. The molecule has 0 saturated carbocycles. The number of imidazole rings is 2. The molecule has 17 nitrogen and oxygen atoms in total. The number of anilines is 2. The van der Waals surface area contributed by atoms with E-state index in [4.69, 9.17) is 20.4 Å². The van der Waals surface area contributed by atoms with Crippen LogP contribution in [0.5, 0.6) is 5.75 Å². The molecule has 5 heterocycles. The van der Waals surface area contributed by atoms with E-state index in [-0.39, 0.29) is 24.0 Å². The zero-order valence-corrected chi connectivity index (χ0v) is 30.8. The van der Waals surface area contributed by atoms with Gasteiger partial charge in [-0.15, -0.1) is 0 Å². The number of primary amides is 1. The van der Waals surface area contributed by atoms with E-state index in [2.05, 4.69) is 25.8 Å². The quantitative estimate of drug-likeness (QED) is 0.139. The van der Waals surface area contributed by atoms with Gasteiger partial charge >= 0.3 is 0 Å². The van der Waals surface area contributed by atoms with Crippen LogP contribution in [0.25, 0.3) is 22.2 Å². The summed E-state index contributed by atoms with van der Waals surface area (Å²) >= 11 is 0. The molecule has 6 aromatic rings. The number of fused-ring (bicyclic) bond motifs is 2. The maximum Gasteiger partial charge on any atom is 0.276 e. The molecule has 0 spiro atoms. The van der Waals surface area contributed by atoms with Gasteiger partial charge in [0.25, 0.3) is 11.8 Å². The highest BCUT2D eigenvalue weighted by molar-refractivity contribution is 6.04. The second-order valence-electron chi connectivity index (χ2n) is 12.8. The largest absolute Gasteiger partial charge is 0.494 e. The van der Waals surface area contributed by atoms with Crippen LogP contribution in [0.1, 0.15) is 62.1 Å². The summed E-state index contributed by atoms with van der Waals surface area (Å²) in [5.74, 6) is -0.456. The number of nitrogens with one attached hydrogen (secondary N) is 2. The molecule has 0 saturated heterocycles. The molecule has 0 unspecified atom stereocenters. The number of hydrogen-bond acceptors (Lipinski definition) is 10. The SMILES string of the molecule is CCn1nc(C)cc1C(=O)Nc1nc2cc(CN(C)C)cnc2n1C/C=C/Cn1c(NC(=O)c2cc(C)nn2CC)nc2cc(C(N)=O)cc(OC)c21. The number of hydrogen-bond donors (Lipinski definition) is 3. The summed E-state index contributed by atoms with van der Waals surface area (Å²) in [7, 11) is 5.44. The lowest BCUT2D eigenvalue weighted by molar-refractivity contribution is 0.0994. The van der Waals surface area contributed by atoms with Crippen molar-refractivity contribution in [1.29, 1.82) is 0 Å². The van der Waals surface area contributed by atoms with Crippen LogP contribution in [-0.4, -0.2) is 87.5 Å². The Hall–Kier alpha value is -6.36. The maximum atomic E-state index is 13.5. The Morgan fingerprint density at radius 2 is 1.40 bits per heavy atom. The van der Waals surface area contributed by atoms with Crippen molar-refractivity contribution < 1.29 is 19.1 Å². The third-order valence-electron chi connectivity index (χ3n) is 8.51. The predicted octanol–water partition coefficient (Wildman–Crippen LogP) is 3.76. The molecule has 3 amide bonds. The average molecular weight is 722 g/mol. The summed E-state index contributed by atoms with van der Waals surface area (Å²) in [5, 5.41) is 14.7. The summed E-state index contributed by atoms with van der Waals surface area (Å²) in [5.41, 5.74) is 11.2. The molecule has 6 rings (SSSR count). The molecule has 0 atom stereocenters. The molecule has 1 aromatic carbocycles. The molecular weight excluding hydrogens is 678 g/mol. The van der Waals surface area contributed by atoms with Crippen molar-refractivity contribution in [2.24, 2.45) is 5.73 Å². The van der Waals surface area contributed by atoms with Crippen LogP contribution in [0.4, 0.5) is 11.9 Å². The molecule has 276 valence electrons. The number of ether oxygens (including phenoxy) is 1. The molecule has 53 heavy (non-hydrogen) atoms. The van der Waals surface area contributed by atoms with Crippen molar-refractivity contribution >= 4 is 51.8 Å². The number of benzene rings is 1. The number of pyridine rings is 1. The van der Waals surface area contributed by atoms with Gasteiger partial charge in [-0.2, -0.15) is 10.2 Å². The van der Waals surface area contributed by atoms with E-state index in [0.717, 1.165) is 11.3 Å². The van der Waals surface area contributed by atoms with Gasteiger partial charge in [0.05, 0.1) is 24.0 Å². The number of aryl methyl sites for hydroxylation is 4. The van der Waals surface area contributed by atoms with Crippen molar-refractivity contribution in [2.75, 3.05) is 31.8 Å². The third kappa shape index (κ3) is 7.50. The normalized spacial score (nSPS) is 11.7. The number of nitrogens with zero attached hydrogens (tertiary/aromatic N) is 10. The zero-order valence-electron chi connectivity index (χ0n) is 30.8. The summed E-state index contributed by atoms with van der Waals surface area (Å²) < 4.78 is 12.5. The third-order valence-corrected chi connectivity index (χ3v) is 8.51. The number of allylic oxidation sites excluding steroid dienone is 2. The fraction of sp³-hybridized carbons (Fsp3) is 0.333. The molecule has 0 fully saturated rings. The fourth-order valence-corrected chi connectivity index (χ4v) is 6.20. The van der Waals surface area contributed by atoms with Gasteiger partial charge < -0.3 is 19.9 Å². The van der Waals surface area contributed by atoms with Crippen LogP contribution in [0.15, 0.2) is 48.7 Å². The Morgan fingerprint density at radius 1 is 0.830 bits per heavy atom. The van der Waals surface area contributed by atoms with Gasteiger partial charge in [0.1, 0.15) is 28.2 Å². The van der Waals surface area contributed by atoms with E-state index in [1.54, 1.807) is 44.4 Å². The first-order valence-corrected chi connectivity index (χ1v) is 17.1. The van der Waals surface area contributed by atoms with Gasteiger partial charge in [0.15, 0.2) is 5.65 Å². The number of carbonyl (C=O) groups excluding carboxylic acids is 3. The Kier molecular flexibility index (Phi) is 10.4. The highest BCUT2D eigenvalue weighted by Crippen LogP contribution is 2.31. The van der Waals surface area contributed by atoms with Crippen molar-refractivity contribution in [2.45, 2.75) is 60.4 Å². The highest BCUT2D eigenvalue weighted by Gasteiger charge is 2.22. The maximum absolute atomic E-state index is 13.5. The molecule has 4 N–H and O–H groups in total. The molecular formula is C36H43N13O4. The van der Waals surface area contributed by atoms with E-state index in [1.807, 2.05) is 69.5 Å². The lowest BCUT2D eigenvalue weighted by Crippen LogP contribution is -2.20. The van der Waals surface area contributed by atoms with E-state index < -0.39 is 11.8 Å². The molecule has 0 aliphatic rings. The number of aromatic nitrogens is 9. The Labute approximate surface area is 305 Å². The van der Waals surface area contributed by atoms with Crippen LogP contribution in [0.3, 0.4) is 0 Å². The number of amides is 3. The van der Waals surface area contributed by atoms with Gasteiger partial charge in [-0.25, -0.2) is 15.0 Å². The lowest BCUT2D eigenvalue weighted by atomic mass is 10.1. The molecule has 0 bridgehead atoms. The number of rotatable bonds is 14. The summed E-state index contributed by atoms with van der Waals surface area (Å²) in [6.07, 6.45) is 5.60. The molecule has 0 aliphatic carbocycles. The number of nitrogens with two attached hydrogens (primary N) is 1. The van der Waals surface area contributed by atoms with E-state index in [0.29, 0.717) is 77.2 Å². The van der Waals surface area contributed by atoms with E-state index in [9.17, 15) is 14.4 Å². The van der Waals surface area contributed by atoms with Crippen molar-refractivity contribution in [3.05, 3.63) is 82.6 Å². The zero-order chi connectivity index (χ0) is 38.0. The number of carbonyl (C=O) groups is 3. The lowest BCUT2D eigenvalue weighted by Gasteiger charge is -2.11. The molecule has 17 heteroatoms. The van der Waals surface area contributed by atoms with Crippen LogP contribution in [0.2, 0.25) is 0 Å². The minimum atomic E-state index is -0.639. The van der Waals surface area contributed by atoms with Crippen molar-refractivity contribution in [3.63, 3.8) is 0 Å². The average Bonchev–Trinajstić information content (AvgIpc) is 3.88. The van der Waals surface area contributed by atoms with E-state index >= 15 is 0 Å². The van der Waals surface area contributed by atoms with Gasteiger partial charge in [0, 0.05) is 44.5 Å². The highest BCUT2D eigenvalue weighted by atomic mass is 16.5. The van der Waals surface area contributed by atoms with Crippen LogP contribution < -0.4 is 21.1 Å². The molecule has 0 radical (unpaired) electrons. The minimum absolute atomic E-state index is 0.215. The molecule has 5 aromatic heterocycles. The van der Waals surface area contributed by atoms with Crippen LogP contribution >= 0.6 is 0 Å². The van der Waals surface area contributed by atoms with Gasteiger partial charge in [-0.05, 0) is 77.7 Å². The van der Waals surface area contributed by atoms with Crippen molar-refractivity contribution in [1.82, 2.24) is 48.5 Å². The van der Waals surface area contributed by atoms with E-state index in [1.165, 1.54) is 7.11 Å². The Balaban J connectivity index is 1.35. The first-order valence-electron chi connectivity index (χ1n) is 17.1. The second kappa shape index (κ2) is 15.1. The predicted molar refractivity (Wildman–Crippen MR) is 200 cm³/mol. The summed E-state index contributed by atoms with van der Waals surface area (Å²) in [6.45, 7) is 9.74. The first-order chi connectivity index (χ1) is 25.4. The topological polar surface area (TPSA) is 198 Å². The van der Waals surface area contributed by atoms with Gasteiger partial charge in [0.2, 0.25) is 17.8 Å². The Bertz CT molecular complexity index is 2380. The number of methoxy groups -OCH3 is 1. The van der Waals surface area contributed by atoms with Gasteiger partial charge in [-0.1, -0.05) is 12.2 Å². The second-order valence-corrected chi connectivity index (χ2v) is 12.8. The monoisotopic (exact) mass is 721 g/mol.